The fourth-order valence-corrected chi connectivity index (χ4v) is 1.39. The van der Waals surface area contributed by atoms with Crippen molar-refractivity contribution in [2.24, 2.45) is 5.92 Å². The first-order valence-electron chi connectivity index (χ1n) is 6.05. The van der Waals surface area contributed by atoms with Gasteiger partial charge in [-0.25, -0.2) is 0 Å². The average Bonchev–Trinajstić information content (AvgIpc) is 2.30. The maximum Gasteiger partial charge on any atom is 0.233 e. The molecule has 0 bridgehead atoms. The van der Waals surface area contributed by atoms with Crippen LogP contribution in [0.1, 0.15) is 25.8 Å². The normalized spacial score (nSPS) is 10.5. The van der Waals surface area contributed by atoms with Crippen LogP contribution < -0.4 is 10.6 Å². The second-order valence-electron chi connectivity index (χ2n) is 4.50. The van der Waals surface area contributed by atoms with E-state index in [1.807, 2.05) is 12.1 Å². The van der Waals surface area contributed by atoms with E-state index in [4.69, 9.17) is 0 Å². The van der Waals surface area contributed by atoms with Crippen LogP contribution in [0.15, 0.2) is 24.5 Å². The van der Waals surface area contributed by atoms with Crippen LogP contribution in [0.5, 0.6) is 0 Å². The minimum atomic E-state index is 0.0505. The third-order valence-electron chi connectivity index (χ3n) is 2.38. The van der Waals surface area contributed by atoms with Crippen LogP contribution in [0.2, 0.25) is 0 Å². The van der Waals surface area contributed by atoms with E-state index in [0.717, 1.165) is 18.5 Å². The van der Waals surface area contributed by atoms with Crippen molar-refractivity contribution in [2.75, 3.05) is 13.1 Å². The Kier molecular flexibility index (Phi) is 6.25. The molecule has 0 aliphatic heterocycles. The molecule has 0 aliphatic rings. The highest BCUT2D eigenvalue weighted by atomic mass is 16.1. The molecule has 1 amide bonds. The molecule has 1 rings (SSSR count). The highest BCUT2D eigenvalue weighted by Gasteiger charge is 2.01. The van der Waals surface area contributed by atoms with E-state index in [9.17, 15) is 4.79 Å². The smallest absolute Gasteiger partial charge is 0.233 e. The minimum Gasteiger partial charge on any atom is -0.355 e. The van der Waals surface area contributed by atoms with Gasteiger partial charge in [0.2, 0.25) is 5.91 Å². The molecule has 0 atom stereocenters. The van der Waals surface area contributed by atoms with Gasteiger partial charge >= 0.3 is 0 Å². The summed E-state index contributed by atoms with van der Waals surface area (Å²) in [6.45, 7) is 6.07. The molecule has 0 radical (unpaired) electrons. The summed E-state index contributed by atoms with van der Waals surface area (Å²) >= 11 is 0. The van der Waals surface area contributed by atoms with Gasteiger partial charge < -0.3 is 10.6 Å². The zero-order valence-corrected chi connectivity index (χ0v) is 10.6. The number of carbonyl (C=O) groups excluding carboxylic acids is 1. The largest absolute Gasteiger partial charge is 0.355 e. The van der Waals surface area contributed by atoms with Crippen LogP contribution in [0.25, 0.3) is 0 Å². The number of aromatic nitrogens is 1. The number of carbonyl (C=O) groups is 1. The Morgan fingerprint density at radius 1 is 1.47 bits per heavy atom. The standard InChI is InChI=1S/C13H21N3O/c1-11(2)5-7-16-13(17)10-15-9-12-4-3-6-14-8-12/h3-4,6,8,11,15H,5,7,9-10H2,1-2H3,(H,16,17). The molecular formula is C13H21N3O. The first-order valence-corrected chi connectivity index (χ1v) is 6.05. The van der Waals surface area contributed by atoms with Crippen molar-refractivity contribution < 1.29 is 4.79 Å². The van der Waals surface area contributed by atoms with Crippen molar-refractivity contribution in [1.29, 1.82) is 0 Å². The van der Waals surface area contributed by atoms with Crippen LogP contribution in [0, 0.1) is 5.92 Å². The predicted octanol–water partition coefficient (Wildman–Crippen LogP) is 1.33. The summed E-state index contributed by atoms with van der Waals surface area (Å²) in [6.07, 6.45) is 4.56. The zero-order valence-electron chi connectivity index (χ0n) is 10.6. The summed E-state index contributed by atoms with van der Waals surface area (Å²) in [4.78, 5) is 15.4. The second kappa shape index (κ2) is 7.79. The van der Waals surface area contributed by atoms with Gasteiger partial charge in [-0.05, 0) is 24.0 Å². The minimum absolute atomic E-state index is 0.0505. The first-order chi connectivity index (χ1) is 8.18. The Morgan fingerprint density at radius 2 is 2.29 bits per heavy atom. The maximum absolute atomic E-state index is 11.4. The summed E-state index contributed by atoms with van der Waals surface area (Å²) in [6, 6.07) is 3.87. The summed E-state index contributed by atoms with van der Waals surface area (Å²) in [7, 11) is 0. The Bertz CT molecular complexity index is 325. The molecule has 1 aromatic rings. The van der Waals surface area contributed by atoms with Gasteiger partial charge in [0.25, 0.3) is 0 Å². The molecule has 0 fully saturated rings. The monoisotopic (exact) mass is 235 g/mol. The molecule has 94 valence electrons. The summed E-state index contributed by atoms with van der Waals surface area (Å²) in [5, 5.41) is 5.97. The molecule has 1 heterocycles. The fraction of sp³-hybridized carbons (Fsp3) is 0.538. The number of pyridine rings is 1. The summed E-state index contributed by atoms with van der Waals surface area (Å²) in [5.41, 5.74) is 1.09. The summed E-state index contributed by atoms with van der Waals surface area (Å²) < 4.78 is 0. The number of nitrogens with one attached hydrogen (secondary N) is 2. The summed E-state index contributed by atoms with van der Waals surface area (Å²) in [5.74, 6) is 0.674. The first kappa shape index (κ1) is 13.6. The van der Waals surface area contributed by atoms with Crippen molar-refractivity contribution in [3.8, 4) is 0 Å². The van der Waals surface area contributed by atoms with Gasteiger partial charge in [0.1, 0.15) is 0 Å². The lowest BCUT2D eigenvalue weighted by Crippen LogP contribution is -2.34. The number of hydrogen-bond acceptors (Lipinski definition) is 3. The van der Waals surface area contributed by atoms with Crippen LogP contribution in [0.4, 0.5) is 0 Å². The molecule has 0 aliphatic carbocycles. The molecule has 4 heteroatoms. The second-order valence-corrected chi connectivity index (χ2v) is 4.50. The van der Waals surface area contributed by atoms with E-state index in [1.54, 1.807) is 12.4 Å². The van der Waals surface area contributed by atoms with E-state index >= 15 is 0 Å². The Hall–Kier alpha value is -1.42. The SMILES string of the molecule is CC(C)CCNC(=O)CNCc1cccnc1. The highest BCUT2D eigenvalue weighted by Crippen LogP contribution is 1.96. The molecule has 0 spiro atoms. The molecule has 0 aromatic carbocycles. The third kappa shape index (κ3) is 6.68. The lowest BCUT2D eigenvalue weighted by atomic mass is 10.1. The lowest BCUT2D eigenvalue weighted by Gasteiger charge is -2.08. The highest BCUT2D eigenvalue weighted by molar-refractivity contribution is 5.77. The lowest BCUT2D eigenvalue weighted by molar-refractivity contribution is -0.120. The van der Waals surface area contributed by atoms with Gasteiger partial charge in [-0.1, -0.05) is 19.9 Å². The Morgan fingerprint density at radius 3 is 2.94 bits per heavy atom. The van der Waals surface area contributed by atoms with Gasteiger partial charge in [0.15, 0.2) is 0 Å². The number of amides is 1. The third-order valence-corrected chi connectivity index (χ3v) is 2.38. The van der Waals surface area contributed by atoms with Crippen molar-refractivity contribution >= 4 is 5.91 Å². The topological polar surface area (TPSA) is 54.0 Å². The molecule has 0 unspecified atom stereocenters. The molecular weight excluding hydrogens is 214 g/mol. The molecule has 17 heavy (non-hydrogen) atoms. The Balaban J connectivity index is 2.08. The van der Waals surface area contributed by atoms with Crippen molar-refractivity contribution in [2.45, 2.75) is 26.8 Å². The average molecular weight is 235 g/mol. The molecule has 1 aromatic heterocycles. The number of rotatable bonds is 7. The van der Waals surface area contributed by atoms with Gasteiger partial charge in [0.05, 0.1) is 6.54 Å². The zero-order chi connectivity index (χ0) is 12.5. The van der Waals surface area contributed by atoms with Crippen molar-refractivity contribution in [3.05, 3.63) is 30.1 Å². The van der Waals surface area contributed by atoms with Crippen LogP contribution >= 0.6 is 0 Å². The maximum atomic E-state index is 11.4. The fourth-order valence-electron chi connectivity index (χ4n) is 1.39. The molecule has 0 saturated heterocycles. The number of hydrogen-bond donors (Lipinski definition) is 2. The van der Waals surface area contributed by atoms with Crippen LogP contribution in [-0.2, 0) is 11.3 Å². The van der Waals surface area contributed by atoms with E-state index < -0.39 is 0 Å². The van der Waals surface area contributed by atoms with Crippen molar-refractivity contribution in [3.63, 3.8) is 0 Å². The Labute approximate surface area is 103 Å². The molecule has 4 nitrogen and oxygen atoms in total. The van der Waals surface area contributed by atoms with E-state index in [-0.39, 0.29) is 5.91 Å². The van der Waals surface area contributed by atoms with Gasteiger partial charge in [-0.15, -0.1) is 0 Å². The number of nitrogens with zero attached hydrogens (tertiary/aromatic N) is 1. The van der Waals surface area contributed by atoms with E-state index in [0.29, 0.717) is 19.0 Å². The van der Waals surface area contributed by atoms with Crippen LogP contribution in [-0.4, -0.2) is 24.0 Å². The quantitative estimate of drug-likeness (QED) is 0.749. The van der Waals surface area contributed by atoms with Crippen LogP contribution in [0.3, 0.4) is 0 Å². The predicted molar refractivity (Wildman–Crippen MR) is 68.4 cm³/mol. The van der Waals surface area contributed by atoms with E-state index in [1.165, 1.54) is 0 Å². The van der Waals surface area contributed by atoms with Crippen molar-refractivity contribution in [1.82, 2.24) is 15.6 Å². The molecule has 2 N–H and O–H groups in total. The van der Waals surface area contributed by atoms with E-state index in [2.05, 4.69) is 29.5 Å². The molecule has 0 saturated carbocycles. The van der Waals surface area contributed by atoms with Gasteiger partial charge in [-0.3, -0.25) is 9.78 Å². The van der Waals surface area contributed by atoms with Gasteiger partial charge in [0, 0.05) is 25.5 Å². The van der Waals surface area contributed by atoms with Gasteiger partial charge in [-0.2, -0.15) is 0 Å².